The highest BCUT2D eigenvalue weighted by Gasteiger charge is 2.24. The molecule has 0 unspecified atom stereocenters. The van der Waals surface area contributed by atoms with Crippen molar-refractivity contribution in [1.82, 2.24) is 24.1 Å². The van der Waals surface area contributed by atoms with Crippen LogP contribution in [0.3, 0.4) is 0 Å². The van der Waals surface area contributed by atoms with E-state index in [0.29, 0.717) is 0 Å². The van der Waals surface area contributed by atoms with Crippen LogP contribution in [-0.4, -0.2) is 24.1 Å². The molecule has 12 aromatic rings. The summed E-state index contributed by atoms with van der Waals surface area (Å²) in [6, 6.07) is 64.0. The van der Waals surface area contributed by atoms with Gasteiger partial charge in [-0.15, -0.1) is 0 Å². The molecular formula is C61H49N5. The number of nitrogens with zero attached hydrogens (tertiary/aromatic N) is 4. The Kier molecular flexibility index (Phi) is 9.01. The van der Waals surface area contributed by atoms with Gasteiger partial charge in [-0.1, -0.05) is 142 Å². The average molecular weight is 852 g/mol. The molecule has 0 aliphatic heterocycles. The van der Waals surface area contributed by atoms with Crippen molar-refractivity contribution in [2.24, 2.45) is 0 Å². The Balaban J connectivity index is 1.11. The summed E-state index contributed by atoms with van der Waals surface area (Å²) in [6.07, 6.45) is 1.88. The number of hydrogen-bond acceptors (Lipinski definition) is 2. The first-order valence-corrected chi connectivity index (χ1v) is 22.9. The van der Waals surface area contributed by atoms with Gasteiger partial charge < -0.3 is 4.98 Å². The maximum Gasteiger partial charge on any atom is 0.147 e. The van der Waals surface area contributed by atoms with Crippen LogP contribution in [-0.2, 0) is 5.41 Å². The second kappa shape index (κ2) is 15.0. The summed E-state index contributed by atoms with van der Waals surface area (Å²) in [5, 5.41) is 4.79. The van der Waals surface area contributed by atoms with Crippen LogP contribution in [0.1, 0.15) is 43.0 Å². The van der Waals surface area contributed by atoms with Crippen molar-refractivity contribution in [1.29, 1.82) is 0 Å². The zero-order valence-electron chi connectivity index (χ0n) is 38.1. The monoisotopic (exact) mass is 851 g/mol. The van der Waals surface area contributed by atoms with Gasteiger partial charge in [-0.25, -0.2) is 9.97 Å². The summed E-state index contributed by atoms with van der Waals surface area (Å²) in [5.41, 5.74) is 20.7. The molecule has 4 aromatic heterocycles. The Labute approximate surface area is 384 Å². The maximum absolute atomic E-state index is 5.71. The van der Waals surface area contributed by atoms with Gasteiger partial charge in [0.05, 0.1) is 27.6 Å². The van der Waals surface area contributed by atoms with Gasteiger partial charge in [0.1, 0.15) is 11.6 Å². The highest BCUT2D eigenvalue weighted by molar-refractivity contribution is 6.18. The lowest BCUT2D eigenvalue weighted by atomic mass is 9.86. The summed E-state index contributed by atoms with van der Waals surface area (Å²) in [5.74, 6) is 1.77. The average Bonchev–Trinajstić information content (AvgIpc) is 4.01. The molecule has 8 aromatic carbocycles. The van der Waals surface area contributed by atoms with E-state index in [0.717, 1.165) is 67.1 Å². The second-order valence-corrected chi connectivity index (χ2v) is 19.0. The number of fused-ring (bicyclic) bond motifs is 7. The van der Waals surface area contributed by atoms with Crippen LogP contribution in [0.2, 0.25) is 0 Å². The van der Waals surface area contributed by atoms with Crippen LogP contribution < -0.4 is 0 Å². The van der Waals surface area contributed by atoms with Gasteiger partial charge in [0.15, 0.2) is 0 Å². The third-order valence-electron chi connectivity index (χ3n) is 13.6. The SMILES string of the molecule is Cc1cc(C)c(-c2ccc3c4ccc(-c5cccc6c5nc(-c5ccc(-c7ccccc7)c7c5[nH]c5ccc(C(C)(C)C)cc57)n6-c5ccccc5)cc4n(-c4ccccn4)c3c2)c(C)c1. The van der Waals surface area contributed by atoms with Crippen molar-refractivity contribution in [2.75, 3.05) is 0 Å². The number of pyridine rings is 1. The molecule has 66 heavy (non-hydrogen) atoms. The number of aromatic nitrogens is 5. The van der Waals surface area contributed by atoms with E-state index in [9.17, 15) is 0 Å². The minimum Gasteiger partial charge on any atom is -0.354 e. The fourth-order valence-corrected chi connectivity index (χ4v) is 10.6. The zero-order valence-corrected chi connectivity index (χ0v) is 38.1. The van der Waals surface area contributed by atoms with Crippen molar-refractivity contribution in [3.05, 3.63) is 204 Å². The van der Waals surface area contributed by atoms with Gasteiger partial charge in [-0.05, 0) is 131 Å². The summed E-state index contributed by atoms with van der Waals surface area (Å²) < 4.78 is 4.67. The van der Waals surface area contributed by atoms with E-state index < -0.39 is 0 Å². The fourth-order valence-electron chi connectivity index (χ4n) is 10.6. The third kappa shape index (κ3) is 6.29. The number of hydrogen-bond donors (Lipinski definition) is 1. The first kappa shape index (κ1) is 39.6. The standard InChI is InChI=1S/C61H49N5/c1-37-32-38(2)56(39(3)33-37)42-24-27-48-47-26-23-41(34-53(47)66(54(48)35-42)55-22-13-14-31-62-55)46-20-15-21-52-58(46)64-60(65(52)44-18-11-8-12-19-44)49-29-28-45(40-16-9-7-10-17-40)57-50-36-43(61(4,5)6)25-30-51(50)63-59(49)57/h7-36,63H,1-6H3. The van der Waals surface area contributed by atoms with E-state index in [2.05, 4.69) is 226 Å². The van der Waals surface area contributed by atoms with Gasteiger partial charge in [-0.3, -0.25) is 9.13 Å². The van der Waals surface area contributed by atoms with E-state index in [1.807, 2.05) is 12.3 Å². The smallest absolute Gasteiger partial charge is 0.147 e. The molecule has 0 bridgehead atoms. The Bertz CT molecular complexity index is 3840. The molecule has 1 N–H and O–H groups in total. The zero-order chi connectivity index (χ0) is 44.8. The number of H-pyrrole nitrogens is 1. The van der Waals surface area contributed by atoms with Crippen molar-refractivity contribution < 1.29 is 0 Å². The van der Waals surface area contributed by atoms with E-state index >= 15 is 0 Å². The quantitative estimate of drug-likeness (QED) is 0.181. The van der Waals surface area contributed by atoms with Gasteiger partial charge in [-0.2, -0.15) is 0 Å². The number of rotatable bonds is 6. The summed E-state index contributed by atoms with van der Waals surface area (Å²) in [6.45, 7) is 13.5. The van der Waals surface area contributed by atoms with Crippen LogP contribution in [0.5, 0.6) is 0 Å². The van der Waals surface area contributed by atoms with Crippen molar-refractivity contribution >= 4 is 54.6 Å². The second-order valence-electron chi connectivity index (χ2n) is 19.0. The lowest BCUT2D eigenvalue weighted by Crippen LogP contribution is -2.10. The molecule has 0 saturated carbocycles. The molecule has 0 radical (unpaired) electrons. The van der Waals surface area contributed by atoms with E-state index in [4.69, 9.17) is 9.97 Å². The molecule has 5 nitrogen and oxygen atoms in total. The van der Waals surface area contributed by atoms with E-state index in [1.54, 1.807) is 0 Å². The van der Waals surface area contributed by atoms with Crippen LogP contribution in [0.25, 0.3) is 111 Å². The van der Waals surface area contributed by atoms with Crippen LogP contribution in [0, 0.1) is 20.8 Å². The minimum absolute atomic E-state index is 0.00238. The highest BCUT2D eigenvalue weighted by atomic mass is 15.1. The van der Waals surface area contributed by atoms with E-state index in [-0.39, 0.29) is 5.41 Å². The first-order chi connectivity index (χ1) is 32.1. The Morgan fingerprint density at radius 2 is 1.18 bits per heavy atom. The molecule has 0 aliphatic rings. The predicted molar refractivity (Wildman–Crippen MR) is 277 cm³/mol. The molecule has 12 rings (SSSR count). The van der Waals surface area contributed by atoms with Gasteiger partial charge in [0.25, 0.3) is 0 Å². The maximum atomic E-state index is 5.71. The molecule has 0 atom stereocenters. The number of para-hydroxylation sites is 2. The third-order valence-corrected chi connectivity index (χ3v) is 13.6. The molecule has 0 amide bonds. The first-order valence-electron chi connectivity index (χ1n) is 22.9. The summed E-state index contributed by atoms with van der Waals surface area (Å²) in [7, 11) is 0. The summed E-state index contributed by atoms with van der Waals surface area (Å²) >= 11 is 0. The fraction of sp³-hybridized carbons (Fsp3) is 0.115. The van der Waals surface area contributed by atoms with Crippen LogP contribution in [0.15, 0.2) is 182 Å². The van der Waals surface area contributed by atoms with Crippen molar-refractivity contribution in [3.63, 3.8) is 0 Å². The largest absolute Gasteiger partial charge is 0.354 e. The number of aromatic amines is 1. The van der Waals surface area contributed by atoms with Gasteiger partial charge in [0, 0.05) is 50.1 Å². The number of benzene rings is 8. The Morgan fingerprint density at radius 3 is 1.89 bits per heavy atom. The van der Waals surface area contributed by atoms with Crippen LogP contribution in [0.4, 0.5) is 0 Å². The minimum atomic E-state index is -0.00238. The number of imidazole rings is 1. The lowest BCUT2D eigenvalue weighted by molar-refractivity contribution is 0.591. The highest BCUT2D eigenvalue weighted by Crippen LogP contribution is 2.44. The van der Waals surface area contributed by atoms with Crippen LogP contribution >= 0.6 is 0 Å². The van der Waals surface area contributed by atoms with E-state index in [1.165, 1.54) is 66.1 Å². The molecule has 318 valence electrons. The predicted octanol–water partition coefficient (Wildman–Crippen LogP) is 16.0. The molecule has 0 spiro atoms. The molecule has 0 fully saturated rings. The number of nitrogens with one attached hydrogen (secondary N) is 1. The topological polar surface area (TPSA) is 51.4 Å². The summed E-state index contributed by atoms with van der Waals surface area (Å²) in [4.78, 5) is 14.6. The molecular weight excluding hydrogens is 803 g/mol. The van der Waals surface area contributed by atoms with Gasteiger partial charge in [0.2, 0.25) is 0 Å². The Hall–Kier alpha value is -8.02. The molecule has 5 heteroatoms. The number of aryl methyl sites for hydroxylation is 3. The Morgan fingerprint density at radius 1 is 0.500 bits per heavy atom. The van der Waals surface area contributed by atoms with Crippen molar-refractivity contribution in [3.8, 4) is 56.3 Å². The molecule has 4 heterocycles. The van der Waals surface area contributed by atoms with Gasteiger partial charge >= 0.3 is 0 Å². The molecule has 0 aliphatic carbocycles. The normalized spacial score (nSPS) is 12.1. The van der Waals surface area contributed by atoms with Crippen molar-refractivity contribution in [2.45, 2.75) is 47.0 Å². The lowest BCUT2D eigenvalue weighted by Gasteiger charge is -2.19. The molecule has 0 saturated heterocycles.